The van der Waals surface area contributed by atoms with Crippen LogP contribution in [0.3, 0.4) is 0 Å². The van der Waals surface area contributed by atoms with Gasteiger partial charge >= 0.3 is 0 Å². The van der Waals surface area contributed by atoms with Crippen LogP contribution < -0.4 is 10.1 Å². The lowest BCUT2D eigenvalue weighted by Gasteiger charge is -2.21. The summed E-state index contributed by atoms with van der Waals surface area (Å²) in [4.78, 5) is 0. The zero-order chi connectivity index (χ0) is 13.6. The molecular weight excluding hydrogens is 222 g/mol. The van der Waals surface area contributed by atoms with Crippen molar-refractivity contribution in [2.45, 2.75) is 53.1 Å². The molecule has 0 saturated carbocycles. The molecule has 102 valence electrons. The van der Waals surface area contributed by atoms with E-state index < -0.39 is 0 Å². The number of hydrogen-bond donors (Lipinski definition) is 1. The molecule has 0 aliphatic heterocycles. The predicted octanol–water partition coefficient (Wildman–Crippen LogP) is 4.00. The van der Waals surface area contributed by atoms with E-state index in [1.165, 1.54) is 18.4 Å². The number of methoxy groups -OCH3 is 1. The summed E-state index contributed by atoms with van der Waals surface area (Å²) in [5, 5.41) is 3.57. The molecule has 0 fully saturated rings. The third-order valence-corrected chi connectivity index (χ3v) is 3.14. The monoisotopic (exact) mass is 249 g/mol. The molecule has 1 aromatic carbocycles. The Morgan fingerprint density at radius 3 is 2.28 bits per heavy atom. The Morgan fingerprint density at radius 2 is 1.78 bits per heavy atom. The molecule has 1 unspecified atom stereocenters. The van der Waals surface area contributed by atoms with Gasteiger partial charge in [-0.2, -0.15) is 0 Å². The van der Waals surface area contributed by atoms with Crippen molar-refractivity contribution in [2.24, 2.45) is 5.41 Å². The number of benzene rings is 1. The van der Waals surface area contributed by atoms with Gasteiger partial charge in [0.25, 0.3) is 0 Å². The Kier molecular flexibility index (Phi) is 5.67. The normalized spacial score (nSPS) is 13.4. The SMILES string of the molecule is COc1ccc(CNC(C)CCC(C)(C)C)cc1. The van der Waals surface area contributed by atoms with Crippen molar-refractivity contribution in [3.8, 4) is 5.75 Å². The Morgan fingerprint density at radius 1 is 1.17 bits per heavy atom. The van der Waals surface area contributed by atoms with Gasteiger partial charge in [-0.3, -0.25) is 0 Å². The Labute approximate surface area is 112 Å². The molecular formula is C16H27NO. The Balaban J connectivity index is 2.31. The van der Waals surface area contributed by atoms with Crippen molar-refractivity contribution in [1.82, 2.24) is 5.32 Å². The summed E-state index contributed by atoms with van der Waals surface area (Å²) < 4.78 is 5.15. The summed E-state index contributed by atoms with van der Waals surface area (Å²) in [6.45, 7) is 10.1. The van der Waals surface area contributed by atoms with Crippen LogP contribution in [0.5, 0.6) is 5.75 Å². The van der Waals surface area contributed by atoms with Crippen LogP contribution in [0.15, 0.2) is 24.3 Å². The molecule has 0 amide bonds. The van der Waals surface area contributed by atoms with Crippen LogP contribution in [0.1, 0.15) is 46.1 Å². The maximum atomic E-state index is 5.15. The first-order chi connectivity index (χ1) is 8.40. The van der Waals surface area contributed by atoms with Gasteiger partial charge in [0.2, 0.25) is 0 Å². The fourth-order valence-corrected chi connectivity index (χ4v) is 1.79. The van der Waals surface area contributed by atoms with Crippen LogP contribution in [0.25, 0.3) is 0 Å². The lowest BCUT2D eigenvalue weighted by atomic mass is 9.89. The zero-order valence-corrected chi connectivity index (χ0v) is 12.4. The van der Waals surface area contributed by atoms with E-state index in [0.29, 0.717) is 11.5 Å². The van der Waals surface area contributed by atoms with Crippen molar-refractivity contribution in [3.05, 3.63) is 29.8 Å². The summed E-state index contributed by atoms with van der Waals surface area (Å²) in [6, 6.07) is 8.81. The maximum absolute atomic E-state index is 5.15. The Hall–Kier alpha value is -1.02. The van der Waals surface area contributed by atoms with Crippen LogP contribution in [-0.4, -0.2) is 13.2 Å². The van der Waals surface area contributed by atoms with E-state index in [4.69, 9.17) is 4.74 Å². The summed E-state index contributed by atoms with van der Waals surface area (Å²) in [5.41, 5.74) is 1.73. The molecule has 0 aromatic heterocycles. The molecule has 2 nitrogen and oxygen atoms in total. The molecule has 0 heterocycles. The lowest BCUT2D eigenvalue weighted by Crippen LogP contribution is -2.26. The molecule has 0 spiro atoms. The summed E-state index contributed by atoms with van der Waals surface area (Å²) in [6.07, 6.45) is 2.48. The van der Waals surface area contributed by atoms with Crippen molar-refractivity contribution in [2.75, 3.05) is 7.11 Å². The fourth-order valence-electron chi connectivity index (χ4n) is 1.79. The van der Waals surface area contributed by atoms with Gasteiger partial charge in [0.1, 0.15) is 5.75 Å². The molecule has 0 radical (unpaired) electrons. The molecule has 0 bridgehead atoms. The largest absolute Gasteiger partial charge is 0.497 e. The zero-order valence-electron chi connectivity index (χ0n) is 12.4. The highest BCUT2D eigenvalue weighted by Crippen LogP contribution is 2.21. The topological polar surface area (TPSA) is 21.3 Å². The van der Waals surface area contributed by atoms with Gasteiger partial charge in [0, 0.05) is 12.6 Å². The van der Waals surface area contributed by atoms with E-state index in [-0.39, 0.29) is 0 Å². The van der Waals surface area contributed by atoms with Gasteiger partial charge < -0.3 is 10.1 Å². The third-order valence-electron chi connectivity index (χ3n) is 3.14. The van der Waals surface area contributed by atoms with Crippen LogP contribution in [0.4, 0.5) is 0 Å². The highest BCUT2D eigenvalue weighted by atomic mass is 16.5. The van der Waals surface area contributed by atoms with Gasteiger partial charge in [-0.1, -0.05) is 32.9 Å². The first-order valence-electron chi connectivity index (χ1n) is 6.77. The highest BCUT2D eigenvalue weighted by Gasteiger charge is 2.12. The predicted molar refractivity (Wildman–Crippen MR) is 78.0 cm³/mol. The van der Waals surface area contributed by atoms with Gasteiger partial charge in [-0.25, -0.2) is 0 Å². The highest BCUT2D eigenvalue weighted by molar-refractivity contribution is 5.27. The molecule has 1 N–H and O–H groups in total. The minimum atomic E-state index is 0.427. The van der Waals surface area contributed by atoms with E-state index in [0.717, 1.165) is 12.3 Å². The van der Waals surface area contributed by atoms with Gasteiger partial charge in [0.15, 0.2) is 0 Å². The maximum Gasteiger partial charge on any atom is 0.118 e. The molecule has 1 atom stereocenters. The van der Waals surface area contributed by atoms with E-state index in [2.05, 4.69) is 45.1 Å². The molecule has 0 saturated heterocycles. The van der Waals surface area contributed by atoms with E-state index in [1.54, 1.807) is 7.11 Å². The molecule has 0 aliphatic rings. The first-order valence-corrected chi connectivity index (χ1v) is 6.77. The minimum Gasteiger partial charge on any atom is -0.497 e. The average molecular weight is 249 g/mol. The van der Waals surface area contributed by atoms with Gasteiger partial charge in [-0.15, -0.1) is 0 Å². The molecule has 0 aliphatic carbocycles. The average Bonchev–Trinajstić information content (AvgIpc) is 2.33. The number of rotatable bonds is 6. The van der Waals surface area contributed by atoms with Crippen LogP contribution in [0, 0.1) is 5.41 Å². The van der Waals surface area contributed by atoms with Crippen molar-refractivity contribution >= 4 is 0 Å². The minimum absolute atomic E-state index is 0.427. The molecule has 1 aromatic rings. The first kappa shape index (κ1) is 15.0. The van der Waals surface area contributed by atoms with Crippen LogP contribution in [0.2, 0.25) is 0 Å². The summed E-state index contributed by atoms with van der Waals surface area (Å²) in [5.74, 6) is 0.916. The van der Waals surface area contributed by atoms with Crippen LogP contribution >= 0.6 is 0 Å². The molecule has 1 rings (SSSR count). The number of ether oxygens (including phenoxy) is 1. The van der Waals surface area contributed by atoms with Crippen LogP contribution in [-0.2, 0) is 6.54 Å². The third kappa shape index (κ3) is 6.06. The number of hydrogen-bond acceptors (Lipinski definition) is 2. The standard InChI is InChI=1S/C16H27NO/c1-13(10-11-16(2,3)4)17-12-14-6-8-15(18-5)9-7-14/h6-9,13,17H,10-12H2,1-5H3. The summed E-state index contributed by atoms with van der Waals surface area (Å²) in [7, 11) is 1.70. The lowest BCUT2D eigenvalue weighted by molar-refractivity contribution is 0.336. The molecule has 2 heteroatoms. The molecule has 18 heavy (non-hydrogen) atoms. The van der Waals surface area contributed by atoms with E-state index in [9.17, 15) is 0 Å². The second kappa shape index (κ2) is 6.79. The quantitative estimate of drug-likeness (QED) is 0.823. The second-order valence-corrected chi connectivity index (χ2v) is 6.23. The van der Waals surface area contributed by atoms with Crippen molar-refractivity contribution in [3.63, 3.8) is 0 Å². The van der Waals surface area contributed by atoms with Gasteiger partial charge in [0.05, 0.1) is 7.11 Å². The van der Waals surface area contributed by atoms with Crippen molar-refractivity contribution in [1.29, 1.82) is 0 Å². The smallest absolute Gasteiger partial charge is 0.118 e. The van der Waals surface area contributed by atoms with Crippen molar-refractivity contribution < 1.29 is 4.74 Å². The fraction of sp³-hybridized carbons (Fsp3) is 0.625. The van der Waals surface area contributed by atoms with E-state index in [1.807, 2.05) is 12.1 Å². The Bertz CT molecular complexity index is 337. The van der Waals surface area contributed by atoms with Gasteiger partial charge in [-0.05, 0) is 42.9 Å². The van der Waals surface area contributed by atoms with E-state index >= 15 is 0 Å². The summed E-state index contributed by atoms with van der Waals surface area (Å²) >= 11 is 0. The number of nitrogens with one attached hydrogen (secondary N) is 1. The second-order valence-electron chi connectivity index (χ2n) is 6.23.